The van der Waals surface area contributed by atoms with Gasteiger partial charge < -0.3 is 0 Å². The fourth-order valence-corrected chi connectivity index (χ4v) is 12.1. The minimum Gasteiger partial charge on any atom is -0.278 e. The van der Waals surface area contributed by atoms with E-state index >= 15 is 0 Å². The molecule has 2 aliphatic heterocycles. The van der Waals surface area contributed by atoms with Gasteiger partial charge in [0.05, 0.1) is 27.5 Å². The summed E-state index contributed by atoms with van der Waals surface area (Å²) in [6.45, 7) is 0. The molecule has 13 rings (SSSR count). The molecule has 0 N–H and O–H groups in total. The van der Waals surface area contributed by atoms with E-state index in [9.17, 15) is 0 Å². The van der Waals surface area contributed by atoms with Crippen LogP contribution in [0.15, 0.2) is 208 Å². The third kappa shape index (κ3) is 4.62. The molecule has 5 nitrogen and oxygen atoms in total. The van der Waals surface area contributed by atoms with E-state index in [2.05, 4.69) is 197 Å². The second kappa shape index (κ2) is 12.5. The molecule has 0 bridgehead atoms. The van der Waals surface area contributed by atoms with Gasteiger partial charge in [0.2, 0.25) is 11.9 Å². The minimum absolute atomic E-state index is 0.491. The zero-order valence-corrected chi connectivity index (χ0v) is 33.1. The van der Waals surface area contributed by atoms with Crippen molar-refractivity contribution in [3.63, 3.8) is 0 Å². The van der Waals surface area contributed by atoms with Gasteiger partial charge in [-0.15, -0.1) is 0 Å². The second-order valence-corrected chi connectivity index (χ2v) is 17.3. The third-order valence-electron chi connectivity index (χ3n) is 12.1. The van der Waals surface area contributed by atoms with Crippen LogP contribution >= 0.6 is 23.5 Å². The lowest BCUT2D eigenvalue weighted by Crippen LogP contribution is -2.36. The minimum atomic E-state index is -0.491. The quantitative estimate of drug-likeness (QED) is 0.178. The fraction of sp³-hybridized carbons (Fsp3) is 0.0192. The van der Waals surface area contributed by atoms with Gasteiger partial charge in [-0.2, -0.15) is 15.0 Å². The van der Waals surface area contributed by atoms with Gasteiger partial charge in [-0.1, -0.05) is 163 Å². The van der Waals surface area contributed by atoms with Crippen molar-refractivity contribution in [3.8, 4) is 23.3 Å². The summed E-state index contributed by atoms with van der Waals surface area (Å²) in [5.74, 6) is 1.76. The maximum Gasteiger partial charge on any atom is 0.240 e. The molecule has 5 heterocycles. The Kier molecular flexibility index (Phi) is 7.03. The first kappa shape index (κ1) is 33.1. The highest BCUT2D eigenvalue weighted by molar-refractivity contribution is 8.00. The Balaban J connectivity index is 1.10. The van der Waals surface area contributed by atoms with E-state index in [4.69, 9.17) is 15.0 Å². The van der Waals surface area contributed by atoms with Crippen LogP contribution in [0.1, 0.15) is 22.3 Å². The van der Waals surface area contributed by atoms with Crippen LogP contribution in [0.4, 0.5) is 0 Å². The van der Waals surface area contributed by atoms with Gasteiger partial charge in [0.25, 0.3) is 0 Å². The van der Waals surface area contributed by atoms with E-state index < -0.39 is 5.41 Å². The second-order valence-electron chi connectivity index (χ2n) is 15.2. The Morgan fingerprint density at radius 3 is 1.14 bits per heavy atom. The molecule has 59 heavy (non-hydrogen) atoms. The number of rotatable bonds is 3. The summed E-state index contributed by atoms with van der Waals surface area (Å²) in [5, 5.41) is 4.63. The lowest BCUT2D eigenvalue weighted by Gasteiger charge is -2.45. The number of nitrogens with zero attached hydrogens (tertiary/aromatic N) is 5. The summed E-state index contributed by atoms with van der Waals surface area (Å²) in [6, 6.07) is 67.8. The lowest BCUT2D eigenvalue weighted by molar-refractivity contribution is 0.667. The number of hydrogen-bond acceptors (Lipinski definition) is 5. The zero-order chi connectivity index (χ0) is 38.7. The standard InChI is InChI=1S/C52H31N5S2/c1-8-22-41-33(15-1)34-16-2-9-23-42(34)56(41)50-53-49(54-51(55-50)57-43-24-10-3-17-35(43)36-18-4-11-25-44(36)57)32-29-30-40-48(31-32)59-47-28-14-7-21-39(47)52(40)37-19-5-12-26-45(37)58-46-27-13-6-20-38(46)52/h1-31H. The largest absolute Gasteiger partial charge is 0.278 e. The Morgan fingerprint density at radius 1 is 0.339 bits per heavy atom. The highest BCUT2D eigenvalue weighted by atomic mass is 32.2. The van der Waals surface area contributed by atoms with Gasteiger partial charge in [0, 0.05) is 46.7 Å². The van der Waals surface area contributed by atoms with Crippen molar-refractivity contribution >= 4 is 67.1 Å². The van der Waals surface area contributed by atoms with Crippen LogP contribution < -0.4 is 0 Å². The van der Waals surface area contributed by atoms with Crippen molar-refractivity contribution in [3.05, 3.63) is 210 Å². The predicted molar refractivity (Wildman–Crippen MR) is 240 cm³/mol. The molecular formula is C52H31N5S2. The Morgan fingerprint density at radius 2 is 0.695 bits per heavy atom. The van der Waals surface area contributed by atoms with E-state index in [1.807, 2.05) is 23.5 Å². The van der Waals surface area contributed by atoms with Crippen molar-refractivity contribution in [2.45, 2.75) is 25.0 Å². The Bertz CT molecular complexity index is 3240. The molecule has 0 radical (unpaired) electrons. The first-order valence-electron chi connectivity index (χ1n) is 19.8. The van der Waals surface area contributed by atoms with Crippen LogP contribution in [0.2, 0.25) is 0 Å². The topological polar surface area (TPSA) is 48.5 Å². The average molecular weight is 790 g/mol. The first-order valence-corrected chi connectivity index (χ1v) is 21.4. The third-order valence-corrected chi connectivity index (χ3v) is 14.4. The van der Waals surface area contributed by atoms with Crippen LogP contribution in [-0.2, 0) is 5.41 Å². The molecule has 1 spiro atoms. The van der Waals surface area contributed by atoms with E-state index in [1.54, 1.807) is 0 Å². The summed E-state index contributed by atoms with van der Waals surface area (Å²) in [7, 11) is 0. The molecule has 0 unspecified atom stereocenters. The van der Waals surface area contributed by atoms with Crippen LogP contribution in [0.5, 0.6) is 0 Å². The molecule has 0 saturated carbocycles. The predicted octanol–water partition coefficient (Wildman–Crippen LogP) is 13.0. The first-order chi connectivity index (χ1) is 29.3. The van der Waals surface area contributed by atoms with Gasteiger partial charge in [0.15, 0.2) is 5.82 Å². The number of benzene rings is 8. The Labute approximate surface area is 348 Å². The molecule has 0 fully saturated rings. The van der Waals surface area contributed by atoms with Crippen LogP contribution in [0.25, 0.3) is 66.9 Å². The lowest BCUT2D eigenvalue weighted by atomic mass is 9.64. The van der Waals surface area contributed by atoms with Crippen molar-refractivity contribution in [2.24, 2.45) is 0 Å². The SMILES string of the molecule is c1ccc2c(c1)Sc1ccccc1C21c2ccccc2Sc2cc(-c3nc(-n4c5ccccc5c5ccccc54)nc(-n4c5ccccc5c5ccccc54)n3)ccc21. The van der Waals surface area contributed by atoms with E-state index in [0.29, 0.717) is 17.7 Å². The molecule has 11 aromatic rings. The van der Waals surface area contributed by atoms with Gasteiger partial charge in [-0.3, -0.25) is 9.13 Å². The highest BCUT2D eigenvalue weighted by Crippen LogP contribution is 2.61. The molecule has 0 amide bonds. The molecule has 2 aliphatic rings. The van der Waals surface area contributed by atoms with Gasteiger partial charge in [-0.25, -0.2) is 0 Å². The molecule has 3 aromatic heterocycles. The normalized spacial score (nSPS) is 13.8. The number of aromatic nitrogens is 5. The maximum atomic E-state index is 5.40. The monoisotopic (exact) mass is 789 g/mol. The van der Waals surface area contributed by atoms with Gasteiger partial charge in [0.1, 0.15) is 0 Å². The molecule has 0 saturated heterocycles. The number of para-hydroxylation sites is 4. The summed E-state index contributed by atoms with van der Waals surface area (Å²) < 4.78 is 4.39. The molecule has 8 aromatic carbocycles. The highest BCUT2D eigenvalue weighted by Gasteiger charge is 2.48. The molecule has 7 heteroatoms. The summed E-state index contributed by atoms with van der Waals surface area (Å²) in [4.78, 5) is 21.2. The average Bonchev–Trinajstić information content (AvgIpc) is 3.82. The summed E-state index contributed by atoms with van der Waals surface area (Å²) >= 11 is 3.70. The van der Waals surface area contributed by atoms with Crippen molar-refractivity contribution in [2.75, 3.05) is 0 Å². The van der Waals surface area contributed by atoms with Gasteiger partial charge in [-0.05, 0) is 70.8 Å². The van der Waals surface area contributed by atoms with E-state index in [0.717, 1.165) is 49.2 Å². The van der Waals surface area contributed by atoms with E-state index in [-0.39, 0.29) is 0 Å². The van der Waals surface area contributed by atoms with Crippen LogP contribution in [-0.4, -0.2) is 24.1 Å². The van der Waals surface area contributed by atoms with Gasteiger partial charge >= 0.3 is 0 Å². The van der Waals surface area contributed by atoms with Crippen molar-refractivity contribution in [1.29, 1.82) is 0 Å². The Hall–Kier alpha value is -6.93. The van der Waals surface area contributed by atoms with Crippen LogP contribution in [0.3, 0.4) is 0 Å². The summed E-state index contributed by atoms with van der Waals surface area (Å²) in [6.07, 6.45) is 0. The molecule has 276 valence electrons. The molecule has 0 aliphatic carbocycles. The number of fused-ring (bicyclic) bond motifs is 14. The maximum absolute atomic E-state index is 5.40. The molecular weight excluding hydrogens is 759 g/mol. The van der Waals surface area contributed by atoms with E-state index in [1.165, 1.54) is 41.8 Å². The zero-order valence-electron chi connectivity index (χ0n) is 31.5. The van der Waals surface area contributed by atoms with Crippen molar-refractivity contribution < 1.29 is 0 Å². The fourth-order valence-electron chi connectivity index (χ4n) is 9.72. The number of hydrogen-bond donors (Lipinski definition) is 0. The van der Waals surface area contributed by atoms with Crippen molar-refractivity contribution in [1.82, 2.24) is 24.1 Å². The van der Waals surface area contributed by atoms with Crippen LogP contribution in [0, 0.1) is 0 Å². The smallest absolute Gasteiger partial charge is 0.240 e. The summed E-state index contributed by atoms with van der Waals surface area (Å²) in [5.41, 5.74) is 9.84. The molecule has 0 atom stereocenters.